The summed E-state index contributed by atoms with van der Waals surface area (Å²) in [6.45, 7) is 16.8. The van der Waals surface area contributed by atoms with Crippen LogP contribution in [0.4, 0.5) is 0 Å². The van der Waals surface area contributed by atoms with Crippen LogP contribution in [0.2, 0.25) is 0 Å². The molecule has 2 aliphatic rings. The van der Waals surface area contributed by atoms with Gasteiger partial charge < -0.3 is 72.9 Å². The quantitative estimate of drug-likeness (QED) is 0.0312. The molecule has 25 nitrogen and oxygen atoms in total. The third-order valence-electron chi connectivity index (χ3n) is 13.2. The van der Waals surface area contributed by atoms with Crippen molar-refractivity contribution in [3.8, 4) is 98.9 Å². The van der Waals surface area contributed by atoms with Gasteiger partial charge in [0.2, 0.25) is 0 Å². The van der Waals surface area contributed by atoms with Crippen molar-refractivity contribution in [2.45, 2.75) is 145 Å². The average molecular weight is 1210 g/mol. The fourth-order valence-electron chi connectivity index (χ4n) is 8.41. The SMILES string of the molecule is CCCCOc1nc2c(nc1OCCCC)-c1nc-2nc2[n-]c(nc3nc(nc4[n-]c(n1)c1nc(OCCCC)c(Oc5ccc(CO)cc5)nc41)-c1nc(OCCCC)c(OCCCC)nc1-3)c1nc(OCCCC)c(OCCCC)nc21.[Zn+2]. The number of nitrogens with zero attached hydrogens (tertiary/aromatic N) is 16. The van der Waals surface area contributed by atoms with Gasteiger partial charge in [-0.2, -0.15) is 0 Å². The van der Waals surface area contributed by atoms with Crippen LogP contribution in [0.15, 0.2) is 24.3 Å². The Bertz CT molecular complexity index is 3740. The van der Waals surface area contributed by atoms with Crippen LogP contribution in [0.5, 0.6) is 52.8 Å². The van der Waals surface area contributed by atoms with Crippen molar-refractivity contribution in [3.05, 3.63) is 29.8 Å². The van der Waals surface area contributed by atoms with Gasteiger partial charge in [-0.3, -0.25) is 0 Å². The number of hydrogen-bond donors (Lipinski definition) is 1. The minimum Gasteiger partial charge on any atom is -0.474 e. The first-order chi connectivity index (χ1) is 41.3. The number of unbranched alkanes of at least 4 members (excludes halogenated alkanes) is 7. The number of aliphatic hydroxyl groups excluding tert-OH is 1. The molecule has 0 saturated heterocycles. The minimum atomic E-state index is -0.147. The van der Waals surface area contributed by atoms with Gasteiger partial charge in [0.15, 0.2) is 0 Å². The Morgan fingerprint density at radius 3 is 0.824 bits per heavy atom. The zero-order valence-corrected chi connectivity index (χ0v) is 52.4. The second kappa shape index (κ2) is 29.6. The molecule has 0 fully saturated rings. The molecule has 85 heavy (non-hydrogen) atoms. The van der Waals surface area contributed by atoms with Gasteiger partial charge in [0.1, 0.15) is 73.9 Å². The Morgan fingerprint density at radius 1 is 0.318 bits per heavy atom. The molecule has 442 valence electrons. The first kappa shape index (κ1) is 61.4. The summed E-state index contributed by atoms with van der Waals surface area (Å²) in [5, 5.41) is 9.82. The molecule has 0 spiro atoms. The molecule has 0 atom stereocenters. The number of rotatable bonds is 31. The van der Waals surface area contributed by atoms with E-state index < -0.39 is 0 Å². The molecule has 2 aliphatic heterocycles. The summed E-state index contributed by atoms with van der Waals surface area (Å²) in [5.74, 6) is 1.62. The molecular formula is C59H70N16O9Zn. The fraction of sp³-hybridized carbons (Fsp3) is 0.492. The molecule has 8 bridgehead atoms. The second-order valence-electron chi connectivity index (χ2n) is 19.9. The van der Waals surface area contributed by atoms with Gasteiger partial charge in [0, 0.05) is 22.6 Å². The fourth-order valence-corrected chi connectivity index (χ4v) is 8.41. The third kappa shape index (κ3) is 14.2. The molecule has 1 aromatic carbocycles. The van der Waals surface area contributed by atoms with Crippen molar-refractivity contribution in [3.63, 3.8) is 0 Å². The van der Waals surface area contributed by atoms with Crippen molar-refractivity contribution in [2.24, 2.45) is 0 Å². The average Bonchev–Trinajstić information content (AvgIpc) is 2.71. The molecule has 8 aromatic rings. The first-order valence-corrected chi connectivity index (χ1v) is 29.5. The van der Waals surface area contributed by atoms with E-state index in [1.807, 2.05) is 0 Å². The van der Waals surface area contributed by atoms with Crippen LogP contribution in [-0.2, 0) is 26.1 Å². The predicted octanol–water partition coefficient (Wildman–Crippen LogP) is 10.8. The van der Waals surface area contributed by atoms with Crippen LogP contribution in [0.25, 0.3) is 90.7 Å². The van der Waals surface area contributed by atoms with E-state index in [0.717, 1.165) is 83.5 Å². The van der Waals surface area contributed by atoms with Crippen LogP contribution < -0.4 is 47.9 Å². The smallest absolute Gasteiger partial charge is 0.474 e. The molecule has 0 saturated carbocycles. The number of aromatic nitrogens is 16. The van der Waals surface area contributed by atoms with E-state index in [1.165, 1.54) is 0 Å². The molecule has 0 radical (unpaired) electrons. The summed E-state index contributed by atoms with van der Waals surface area (Å²) in [6, 6.07) is 6.93. The van der Waals surface area contributed by atoms with Gasteiger partial charge in [0.05, 0.1) is 52.9 Å². The normalized spacial score (nSPS) is 11.5. The summed E-state index contributed by atoms with van der Waals surface area (Å²) in [4.78, 5) is 80.9. The number of fused-ring (bicyclic) bond motifs is 20. The zero-order valence-electron chi connectivity index (χ0n) is 49.4. The molecule has 9 heterocycles. The van der Waals surface area contributed by atoms with E-state index in [1.54, 1.807) is 24.3 Å². The Labute approximate surface area is 504 Å². The molecule has 26 heteroatoms. The summed E-state index contributed by atoms with van der Waals surface area (Å²) in [7, 11) is 0. The molecule has 1 N–H and O–H groups in total. The van der Waals surface area contributed by atoms with Crippen molar-refractivity contribution in [1.29, 1.82) is 0 Å². The molecule has 0 unspecified atom stereocenters. The Balaban J connectivity index is 0.00000865. The van der Waals surface area contributed by atoms with Crippen LogP contribution in [0.1, 0.15) is 144 Å². The van der Waals surface area contributed by atoms with Gasteiger partial charge >= 0.3 is 19.5 Å². The molecule has 10 rings (SSSR count). The minimum absolute atomic E-state index is 0. The van der Waals surface area contributed by atoms with Crippen LogP contribution in [-0.4, -0.2) is 121 Å². The molecule has 7 aromatic heterocycles. The van der Waals surface area contributed by atoms with E-state index in [-0.39, 0.29) is 164 Å². The molecule has 0 aliphatic carbocycles. The standard InChI is InChI=1S/C59H70N16O9.Zn/c1-8-15-26-77-52-53(78-27-16-9-2)61-37-36(60-52)44-68-45(37)70-47-40-41(65-57(82-31-20-13-6)56(64-40)81-30-19-12-5)49(72-47)74-51-43-42(66-58(83-32-21-14-7)59(67-43)84-35-24-22-34(33-76)23-25-35)50(75-51)73-48-39-38(46(69-44)71-48)62-54(79-28-17-10-3)55(63-39)80-29-18-11-4;/h22-25,76H,8-21,26-33H2,1-7H3;/q-2;+2. The number of benzene rings is 1. The summed E-state index contributed by atoms with van der Waals surface area (Å²) >= 11 is 0. The first-order valence-electron chi connectivity index (χ1n) is 29.5. The van der Waals surface area contributed by atoms with Gasteiger partial charge in [0.25, 0.3) is 47.0 Å². The summed E-state index contributed by atoms with van der Waals surface area (Å²) in [6.07, 6.45) is 11.4. The second-order valence-corrected chi connectivity index (χ2v) is 19.9. The van der Waals surface area contributed by atoms with Crippen molar-refractivity contribution < 1.29 is 62.5 Å². The number of hydrogen-bond acceptors (Lipinski definition) is 23. The molecule has 0 amide bonds. The van der Waals surface area contributed by atoms with Crippen LogP contribution in [0.3, 0.4) is 0 Å². The zero-order chi connectivity index (χ0) is 58.4. The monoisotopic (exact) mass is 1210 g/mol. The van der Waals surface area contributed by atoms with E-state index in [0.29, 0.717) is 64.0 Å². The maximum atomic E-state index is 9.82. The Hall–Kier alpha value is -8.12. The van der Waals surface area contributed by atoms with Gasteiger partial charge in [-0.05, 0) is 62.6 Å². The van der Waals surface area contributed by atoms with E-state index in [9.17, 15) is 5.11 Å². The molecular weight excluding hydrogens is 1140 g/mol. The largest absolute Gasteiger partial charge is 2.00 e. The Kier molecular flexibility index (Phi) is 21.4. The van der Waals surface area contributed by atoms with Crippen molar-refractivity contribution in [2.75, 3.05) is 46.2 Å². The Morgan fingerprint density at radius 2 is 0.565 bits per heavy atom. The van der Waals surface area contributed by atoms with Crippen molar-refractivity contribution >= 4 is 44.7 Å². The third-order valence-corrected chi connectivity index (χ3v) is 13.2. The van der Waals surface area contributed by atoms with E-state index >= 15 is 0 Å². The number of aliphatic hydroxyl groups is 1. The maximum Gasteiger partial charge on any atom is 2.00 e. The van der Waals surface area contributed by atoms with Crippen LogP contribution >= 0.6 is 0 Å². The summed E-state index contributed by atoms with van der Waals surface area (Å²) < 4.78 is 50.5. The topological polar surface area (TPSA) is 303 Å². The van der Waals surface area contributed by atoms with Gasteiger partial charge in [-0.1, -0.05) is 106 Å². The van der Waals surface area contributed by atoms with E-state index in [2.05, 4.69) is 48.5 Å². The maximum absolute atomic E-state index is 9.82. The number of ether oxygens (including phenoxy) is 8. The van der Waals surface area contributed by atoms with E-state index in [4.69, 9.17) is 118 Å². The van der Waals surface area contributed by atoms with Crippen molar-refractivity contribution in [1.82, 2.24) is 79.7 Å². The van der Waals surface area contributed by atoms with Gasteiger partial charge in [-0.15, -0.1) is 0 Å². The summed E-state index contributed by atoms with van der Waals surface area (Å²) in [5.41, 5.74) is 2.46. The van der Waals surface area contributed by atoms with Crippen LogP contribution in [0, 0.1) is 0 Å². The predicted molar refractivity (Wildman–Crippen MR) is 312 cm³/mol. The van der Waals surface area contributed by atoms with Gasteiger partial charge in [-0.25, -0.2) is 49.8 Å².